The molecule has 19 heavy (non-hydrogen) atoms. The second kappa shape index (κ2) is 5.31. The van der Waals surface area contributed by atoms with Gasteiger partial charge in [-0.05, 0) is 17.7 Å². The number of benzene rings is 1. The fourth-order valence-corrected chi connectivity index (χ4v) is 1.75. The Balaban J connectivity index is 2.59. The highest BCUT2D eigenvalue weighted by Crippen LogP contribution is 2.21. The van der Waals surface area contributed by atoms with Crippen LogP contribution in [0.2, 0.25) is 0 Å². The Morgan fingerprint density at radius 3 is 2.68 bits per heavy atom. The summed E-state index contributed by atoms with van der Waals surface area (Å²) in [5, 5.41) is 28.0. The number of aliphatic hydroxyl groups is 3. The summed E-state index contributed by atoms with van der Waals surface area (Å²) in [5.41, 5.74) is -0.111. The van der Waals surface area contributed by atoms with Crippen molar-refractivity contribution in [3.05, 3.63) is 45.8 Å². The lowest BCUT2D eigenvalue weighted by Crippen LogP contribution is -2.22. The predicted molar refractivity (Wildman–Crippen MR) is 65.9 cm³/mol. The molecular formula is C13H12O6. The molecule has 0 aliphatic carbocycles. The van der Waals surface area contributed by atoms with Gasteiger partial charge in [0, 0.05) is 0 Å². The van der Waals surface area contributed by atoms with Crippen molar-refractivity contribution in [3.8, 4) is 0 Å². The van der Waals surface area contributed by atoms with Gasteiger partial charge < -0.3 is 19.7 Å². The van der Waals surface area contributed by atoms with E-state index < -0.39 is 24.2 Å². The lowest BCUT2D eigenvalue weighted by atomic mass is 10.0. The van der Waals surface area contributed by atoms with Crippen LogP contribution in [0.15, 0.2) is 33.7 Å². The minimum Gasteiger partial charge on any atom is -0.463 e. The molecule has 1 aromatic carbocycles. The lowest BCUT2D eigenvalue weighted by Gasteiger charge is -2.16. The van der Waals surface area contributed by atoms with Gasteiger partial charge in [-0.2, -0.15) is 0 Å². The lowest BCUT2D eigenvalue weighted by molar-refractivity contribution is -0.0152. The molecule has 1 heterocycles. The molecular weight excluding hydrogens is 252 g/mol. The van der Waals surface area contributed by atoms with Crippen LogP contribution >= 0.6 is 0 Å². The maximum absolute atomic E-state index is 11.9. The van der Waals surface area contributed by atoms with Crippen LogP contribution < -0.4 is 5.43 Å². The Labute approximate surface area is 107 Å². The van der Waals surface area contributed by atoms with E-state index in [0.717, 1.165) is 6.26 Å². The number of aliphatic hydroxyl groups excluding tert-OH is 3. The van der Waals surface area contributed by atoms with Crippen molar-refractivity contribution in [2.24, 2.45) is 0 Å². The standard InChI is InChI=1S/C13H12O6/c14-4-8-6-19-11-2-1-7(3-9(11)12(8)17)13(18)10(16)5-15/h1-4,6,10,13,15-16,18H,5H2. The minimum absolute atomic E-state index is 0.123. The molecule has 0 aliphatic heterocycles. The van der Waals surface area contributed by atoms with Gasteiger partial charge in [-0.3, -0.25) is 9.59 Å². The zero-order valence-electron chi connectivity index (χ0n) is 9.81. The van der Waals surface area contributed by atoms with Crippen molar-refractivity contribution in [3.63, 3.8) is 0 Å². The van der Waals surface area contributed by atoms with E-state index in [2.05, 4.69) is 0 Å². The minimum atomic E-state index is -1.35. The number of hydrogen-bond acceptors (Lipinski definition) is 6. The van der Waals surface area contributed by atoms with Crippen molar-refractivity contribution < 1.29 is 24.5 Å². The smallest absolute Gasteiger partial charge is 0.203 e. The molecule has 2 rings (SSSR count). The third kappa shape index (κ3) is 2.41. The first-order valence-corrected chi connectivity index (χ1v) is 5.56. The molecule has 0 bridgehead atoms. The van der Waals surface area contributed by atoms with Gasteiger partial charge in [-0.1, -0.05) is 6.07 Å². The van der Waals surface area contributed by atoms with Crippen molar-refractivity contribution in [2.45, 2.75) is 12.2 Å². The number of carbonyl (C=O) groups excluding carboxylic acids is 1. The summed E-state index contributed by atoms with van der Waals surface area (Å²) in [6.07, 6.45) is -1.22. The molecule has 0 radical (unpaired) electrons. The number of carbonyl (C=O) groups is 1. The predicted octanol–water partition coefficient (Wildman–Crippen LogP) is -0.00790. The summed E-state index contributed by atoms with van der Waals surface area (Å²) >= 11 is 0. The quantitative estimate of drug-likeness (QED) is 0.670. The normalized spacial score (nSPS) is 14.3. The fraction of sp³-hybridized carbons (Fsp3) is 0.231. The Hall–Kier alpha value is -2.02. The molecule has 0 saturated heterocycles. The van der Waals surface area contributed by atoms with Gasteiger partial charge in [0.2, 0.25) is 5.43 Å². The van der Waals surface area contributed by atoms with Crippen LogP contribution in [0.1, 0.15) is 22.0 Å². The molecule has 1 aromatic heterocycles. The van der Waals surface area contributed by atoms with Gasteiger partial charge in [0.25, 0.3) is 0 Å². The highest BCUT2D eigenvalue weighted by molar-refractivity contribution is 5.84. The second-order valence-electron chi connectivity index (χ2n) is 4.09. The molecule has 0 saturated carbocycles. The first-order chi connectivity index (χ1) is 9.08. The van der Waals surface area contributed by atoms with Crippen LogP contribution in [0.3, 0.4) is 0 Å². The second-order valence-corrected chi connectivity index (χ2v) is 4.09. The van der Waals surface area contributed by atoms with Crippen molar-refractivity contribution in [2.75, 3.05) is 6.61 Å². The molecule has 100 valence electrons. The van der Waals surface area contributed by atoms with Gasteiger partial charge in [0.05, 0.1) is 17.6 Å². The molecule has 6 heteroatoms. The van der Waals surface area contributed by atoms with E-state index in [1.165, 1.54) is 18.2 Å². The molecule has 2 unspecified atom stereocenters. The first kappa shape index (κ1) is 13.4. The van der Waals surface area contributed by atoms with E-state index in [9.17, 15) is 19.8 Å². The van der Waals surface area contributed by atoms with Crippen LogP contribution in [0.4, 0.5) is 0 Å². The number of hydrogen-bond donors (Lipinski definition) is 3. The van der Waals surface area contributed by atoms with E-state index in [1.807, 2.05) is 0 Å². The average Bonchev–Trinajstić information content (AvgIpc) is 2.46. The van der Waals surface area contributed by atoms with Crippen molar-refractivity contribution in [1.29, 1.82) is 0 Å². The maximum atomic E-state index is 11.9. The van der Waals surface area contributed by atoms with Crippen LogP contribution in [0, 0.1) is 0 Å². The zero-order valence-corrected chi connectivity index (χ0v) is 9.81. The van der Waals surface area contributed by atoms with Gasteiger partial charge >= 0.3 is 0 Å². The van der Waals surface area contributed by atoms with E-state index in [0.29, 0.717) is 6.29 Å². The molecule has 0 aliphatic rings. The van der Waals surface area contributed by atoms with Crippen molar-refractivity contribution in [1.82, 2.24) is 0 Å². The topological polar surface area (TPSA) is 108 Å². The van der Waals surface area contributed by atoms with Crippen molar-refractivity contribution >= 4 is 17.3 Å². The Bertz CT molecular complexity index is 660. The summed E-state index contributed by atoms with van der Waals surface area (Å²) < 4.78 is 5.11. The van der Waals surface area contributed by atoms with E-state index in [4.69, 9.17) is 9.52 Å². The number of fused-ring (bicyclic) bond motifs is 1. The molecule has 0 fully saturated rings. The van der Waals surface area contributed by atoms with E-state index in [-0.39, 0.29) is 22.1 Å². The summed E-state index contributed by atoms with van der Waals surface area (Å²) in [4.78, 5) is 22.6. The van der Waals surface area contributed by atoms with Crippen LogP contribution in [0.5, 0.6) is 0 Å². The average molecular weight is 264 g/mol. The van der Waals surface area contributed by atoms with Gasteiger partial charge in [0.15, 0.2) is 6.29 Å². The molecule has 0 spiro atoms. The molecule has 2 atom stereocenters. The zero-order chi connectivity index (χ0) is 14.0. The molecule has 6 nitrogen and oxygen atoms in total. The first-order valence-electron chi connectivity index (χ1n) is 5.56. The van der Waals surface area contributed by atoms with Crippen LogP contribution in [0.25, 0.3) is 11.0 Å². The van der Waals surface area contributed by atoms with Gasteiger partial charge in [-0.15, -0.1) is 0 Å². The third-order valence-electron chi connectivity index (χ3n) is 2.84. The van der Waals surface area contributed by atoms with Crippen LogP contribution in [-0.2, 0) is 0 Å². The third-order valence-corrected chi connectivity index (χ3v) is 2.84. The molecule has 2 aromatic rings. The number of rotatable bonds is 4. The summed E-state index contributed by atoms with van der Waals surface area (Å²) in [7, 11) is 0. The maximum Gasteiger partial charge on any atom is 0.203 e. The summed E-state index contributed by atoms with van der Waals surface area (Å²) in [5.74, 6) is 0. The Morgan fingerprint density at radius 2 is 2.05 bits per heavy atom. The SMILES string of the molecule is O=Cc1coc2ccc(C(O)C(O)CO)cc2c1=O. The van der Waals surface area contributed by atoms with E-state index >= 15 is 0 Å². The highest BCUT2D eigenvalue weighted by atomic mass is 16.4. The monoisotopic (exact) mass is 264 g/mol. The molecule has 3 N–H and O–H groups in total. The Morgan fingerprint density at radius 1 is 1.32 bits per heavy atom. The highest BCUT2D eigenvalue weighted by Gasteiger charge is 2.18. The molecule has 0 amide bonds. The van der Waals surface area contributed by atoms with Gasteiger partial charge in [0.1, 0.15) is 24.1 Å². The van der Waals surface area contributed by atoms with Gasteiger partial charge in [-0.25, -0.2) is 0 Å². The fourth-order valence-electron chi connectivity index (χ4n) is 1.75. The van der Waals surface area contributed by atoms with Crippen LogP contribution in [-0.4, -0.2) is 34.3 Å². The largest absolute Gasteiger partial charge is 0.463 e. The number of aldehydes is 1. The summed E-state index contributed by atoms with van der Waals surface area (Å²) in [6, 6.07) is 4.25. The van der Waals surface area contributed by atoms with E-state index in [1.54, 1.807) is 0 Å². The Kier molecular flexibility index (Phi) is 3.75. The summed E-state index contributed by atoms with van der Waals surface area (Å²) in [6.45, 7) is -0.609.